The summed E-state index contributed by atoms with van der Waals surface area (Å²) >= 11 is 4.89. The van der Waals surface area contributed by atoms with E-state index in [0.29, 0.717) is 19.8 Å². The van der Waals surface area contributed by atoms with Gasteiger partial charge in [0.25, 0.3) is 5.91 Å². The number of halogens is 1. The van der Waals surface area contributed by atoms with E-state index in [0.717, 1.165) is 38.7 Å². The van der Waals surface area contributed by atoms with Crippen molar-refractivity contribution >= 4 is 33.2 Å². The van der Waals surface area contributed by atoms with Crippen LogP contribution in [0.4, 0.5) is 0 Å². The number of ether oxygens (including phenoxy) is 2. The van der Waals surface area contributed by atoms with Gasteiger partial charge in [-0.2, -0.15) is 0 Å². The van der Waals surface area contributed by atoms with Gasteiger partial charge in [-0.05, 0) is 71.6 Å². The van der Waals surface area contributed by atoms with Crippen LogP contribution in [0.3, 0.4) is 0 Å². The minimum absolute atomic E-state index is 0.0863. The van der Waals surface area contributed by atoms with E-state index in [-0.39, 0.29) is 5.91 Å². The summed E-state index contributed by atoms with van der Waals surface area (Å²) in [6.07, 6.45) is 0.833. The normalized spacial score (nSPS) is 13.5. The van der Waals surface area contributed by atoms with Crippen molar-refractivity contribution < 1.29 is 14.3 Å². The zero-order chi connectivity index (χ0) is 17.1. The highest BCUT2D eigenvalue weighted by atomic mass is 79.9. The maximum Gasteiger partial charge on any atom is 0.264 e. The van der Waals surface area contributed by atoms with Gasteiger partial charge in [0.15, 0.2) is 11.5 Å². The van der Waals surface area contributed by atoms with E-state index >= 15 is 0 Å². The van der Waals surface area contributed by atoms with Crippen molar-refractivity contribution in [2.45, 2.75) is 26.8 Å². The second kappa shape index (κ2) is 7.57. The molecule has 1 amide bonds. The van der Waals surface area contributed by atoms with E-state index in [9.17, 15) is 4.79 Å². The van der Waals surface area contributed by atoms with Gasteiger partial charge in [-0.3, -0.25) is 4.79 Å². The second-order valence-corrected chi connectivity index (χ2v) is 7.98. The van der Waals surface area contributed by atoms with Crippen molar-refractivity contribution in [1.82, 2.24) is 4.90 Å². The molecular weight excluding hydrogens is 390 g/mol. The number of hydrogen-bond donors (Lipinski definition) is 0. The first-order valence-electron chi connectivity index (χ1n) is 8.08. The molecule has 0 saturated heterocycles. The molecular formula is C18H20BrNO3S. The number of nitrogens with zero attached hydrogens (tertiary/aromatic N) is 1. The molecule has 0 bridgehead atoms. The number of thiophene rings is 1. The highest BCUT2D eigenvalue weighted by molar-refractivity contribution is 9.11. The highest BCUT2D eigenvalue weighted by Gasteiger charge is 2.24. The van der Waals surface area contributed by atoms with Gasteiger partial charge in [0.1, 0.15) is 0 Å². The molecule has 0 spiro atoms. The smallest absolute Gasteiger partial charge is 0.264 e. The molecule has 1 aliphatic rings. The maximum absolute atomic E-state index is 12.7. The molecule has 0 fully saturated rings. The summed E-state index contributed by atoms with van der Waals surface area (Å²) in [4.78, 5) is 15.3. The second-order valence-electron chi connectivity index (χ2n) is 5.51. The monoisotopic (exact) mass is 409 g/mol. The molecule has 2 aromatic rings. The number of carbonyl (C=O) groups is 1. The third-order valence-electron chi connectivity index (χ3n) is 3.95. The number of carbonyl (C=O) groups excluding carboxylic acids is 1. The molecule has 0 radical (unpaired) electrons. The first kappa shape index (κ1) is 17.3. The number of amides is 1. The molecule has 24 heavy (non-hydrogen) atoms. The van der Waals surface area contributed by atoms with Gasteiger partial charge in [0, 0.05) is 13.1 Å². The Morgan fingerprint density at radius 3 is 2.42 bits per heavy atom. The summed E-state index contributed by atoms with van der Waals surface area (Å²) in [5.41, 5.74) is 2.37. The van der Waals surface area contributed by atoms with Gasteiger partial charge in [0.05, 0.1) is 21.9 Å². The van der Waals surface area contributed by atoms with Crippen molar-refractivity contribution in [3.8, 4) is 11.5 Å². The van der Waals surface area contributed by atoms with Gasteiger partial charge >= 0.3 is 0 Å². The largest absolute Gasteiger partial charge is 0.490 e. The van der Waals surface area contributed by atoms with Crippen LogP contribution in [0.5, 0.6) is 11.5 Å². The van der Waals surface area contributed by atoms with E-state index in [1.807, 2.05) is 36.9 Å². The van der Waals surface area contributed by atoms with Gasteiger partial charge in [0.2, 0.25) is 0 Å². The summed E-state index contributed by atoms with van der Waals surface area (Å²) in [7, 11) is 0. The van der Waals surface area contributed by atoms with Gasteiger partial charge in [-0.1, -0.05) is 0 Å². The van der Waals surface area contributed by atoms with E-state index in [1.165, 1.54) is 16.9 Å². The van der Waals surface area contributed by atoms with Crippen LogP contribution < -0.4 is 9.47 Å². The Hall–Kier alpha value is -1.53. The Kier molecular flexibility index (Phi) is 5.46. The number of rotatable bonds is 5. The van der Waals surface area contributed by atoms with Crippen LogP contribution >= 0.6 is 27.3 Å². The lowest BCUT2D eigenvalue weighted by Gasteiger charge is -2.29. The zero-order valence-corrected chi connectivity index (χ0v) is 16.2. The number of benzene rings is 1. The molecule has 128 valence electrons. The van der Waals surface area contributed by atoms with Crippen LogP contribution in [0.2, 0.25) is 0 Å². The Labute approximate surface area is 154 Å². The molecule has 0 atom stereocenters. The first-order valence-corrected chi connectivity index (χ1v) is 9.69. The van der Waals surface area contributed by atoms with Crippen molar-refractivity contribution in [1.29, 1.82) is 0 Å². The fourth-order valence-corrected chi connectivity index (χ4v) is 4.21. The van der Waals surface area contributed by atoms with Crippen LogP contribution in [0, 0.1) is 0 Å². The standard InChI is InChI=1S/C18H20BrNO3S/c1-3-22-14-9-12-7-8-20(11-13(12)10-15(14)23-4-2)18(21)16-5-6-17(19)24-16/h5-6,9-10H,3-4,7-8,11H2,1-2H3. The van der Waals surface area contributed by atoms with Crippen LogP contribution in [0.1, 0.15) is 34.6 Å². The molecule has 0 saturated carbocycles. The summed E-state index contributed by atoms with van der Waals surface area (Å²) < 4.78 is 12.4. The van der Waals surface area contributed by atoms with E-state index in [4.69, 9.17) is 9.47 Å². The number of fused-ring (bicyclic) bond motifs is 1. The number of hydrogen-bond acceptors (Lipinski definition) is 4. The molecule has 4 nitrogen and oxygen atoms in total. The molecule has 3 rings (SSSR count). The highest BCUT2D eigenvalue weighted by Crippen LogP contribution is 2.34. The SMILES string of the molecule is CCOc1cc2c(cc1OCC)CN(C(=O)c1ccc(Br)s1)CC2. The van der Waals surface area contributed by atoms with Crippen LogP contribution in [-0.2, 0) is 13.0 Å². The van der Waals surface area contributed by atoms with Crippen LogP contribution in [0.15, 0.2) is 28.1 Å². The lowest BCUT2D eigenvalue weighted by atomic mass is 9.98. The first-order chi connectivity index (χ1) is 11.6. The van der Waals surface area contributed by atoms with Crippen LogP contribution in [0.25, 0.3) is 0 Å². The van der Waals surface area contributed by atoms with Crippen molar-refractivity contribution in [2.75, 3.05) is 19.8 Å². The topological polar surface area (TPSA) is 38.8 Å². The van der Waals surface area contributed by atoms with Gasteiger partial charge < -0.3 is 14.4 Å². The van der Waals surface area contributed by atoms with E-state index in [1.54, 1.807) is 0 Å². The minimum Gasteiger partial charge on any atom is -0.490 e. The summed E-state index contributed by atoms with van der Waals surface area (Å²) in [6, 6.07) is 7.87. The molecule has 1 aromatic carbocycles. The average molecular weight is 410 g/mol. The molecule has 1 aliphatic heterocycles. The van der Waals surface area contributed by atoms with Crippen molar-refractivity contribution in [3.05, 3.63) is 44.1 Å². The Morgan fingerprint density at radius 2 is 1.83 bits per heavy atom. The summed E-state index contributed by atoms with van der Waals surface area (Å²) in [6.45, 7) is 6.45. The lowest BCUT2D eigenvalue weighted by Crippen LogP contribution is -2.35. The molecule has 0 aliphatic carbocycles. The predicted octanol–water partition coefficient (Wildman–Crippen LogP) is 4.51. The van der Waals surface area contributed by atoms with Crippen LogP contribution in [-0.4, -0.2) is 30.6 Å². The quantitative estimate of drug-likeness (QED) is 0.728. The third-order valence-corrected chi connectivity index (χ3v) is 5.56. The molecule has 6 heteroatoms. The van der Waals surface area contributed by atoms with E-state index in [2.05, 4.69) is 22.0 Å². The average Bonchev–Trinajstić information content (AvgIpc) is 3.01. The Balaban J connectivity index is 1.84. The summed E-state index contributed by atoms with van der Waals surface area (Å²) in [5, 5.41) is 0. The zero-order valence-electron chi connectivity index (χ0n) is 13.8. The summed E-state index contributed by atoms with van der Waals surface area (Å²) in [5.74, 6) is 1.63. The Bertz CT molecular complexity index is 744. The maximum atomic E-state index is 12.7. The molecule has 2 heterocycles. The molecule has 0 N–H and O–H groups in total. The fraction of sp³-hybridized carbons (Fsp3) is 0.389. The Morgan fingerprint density at radius 1 is 1.17 bits per heavy atom. The third kappa shape index (κ3) is 3.59. The molecule has 1 aromatic heterocycles. The van der Waals surface area contributed by atoms with Gasteiger partial charge in [-0.25, -0.2) is 0 Å². The van der Waals surface area contributed by atoms with E-state index < -0.39 is 0 Å². The molecule has 0 unspecified atom stereocenters. The van der Waals surface area contributed by atoms with Gasteiger partial charge in [-0.15, -0.1) is 11.3 Å². The predicted molar refractivity (Wildman–Crippen MR) is 99.2 cm³/mol. The lowest BCUT2D eigenvalue weighted by molar-refractivity contribution is 0.0739. The minimum atomic E-state index is 0.0863. The fourth-order valence-electron chi connectivity index (χ4n) is 2.86. The van der Waals surface area contributed by atoms with Crippen molar-refractivity contribution in [2.24, 2.45) is 0 Å². The van der Waals surface area contributed by atoms with Crippen molar-refractivity contribution in [3.63, 3.8) is 0 Å².